The zero-order valence-corrected chi connectivity index (χ0v) is 7.38. The molecule has 0 aliphatic carbocycles. The fourth-order valence-electron chi connectivity index (χ4n) is 0.978. The van der Waals surface area contributed by atoms with E-state index in [-0.39, 0.29) is 0 Å². The zero-order chi connectivity index (χ0) is 10.4. The molecule has 1 aromatic rings. The van der Waals surface area contributed by atoms with Gasteiger partial charge in [0.25, 0.3) is 0 Å². The number of hydrogen-bond donors (Lipinski definition) is 1. The Labute approximate surface area is 81.1 Å². The maximum absolute atomic E-state index is 10.3. The van der Waals surface area contributed by atoms with Gasteiger partial charge in [-0.1, -0.05) is 30.3 Å². The minimum absolute atomic E-state index is 0.319. The minimum Gasteiger partial charge on any atom is -0.262 e. The minimum atomic E-state index is -1.34. The van der Waals surface area contributed by atoms with Crippen LogP contribution in [0, 0.1) is 21.4 Å². The van der Waals surface area contributed by atoms with Crippen molar-refractivity contribution in [3.63, 3.8) is 0 Å². The van der Waals surface area contributed by atoms with Crippen molar-refractivity contribution in [3.05, 3.63) is 46.0 Å². The first kappa shape index (κ1) is 10.2. The number of rotatable bonds is 4. The average Bonchev–Trinajstić information content (AvgIpc) is 2.20. The van der Waals surface area contributed by atoms with Gasteiger partial charge in [-0.2, -0.15) is 5.26 Å². The van der Waals surface area contributed by atoms with Crippen LogP contribution in [-0.4, -0.2) is 11.1 Å². The Morgan fingerprint density at radius 2 is 2.14 bits per heavy atom. The molecule has 0 fully saturated rings. The van der Waals surface area contributed by atoms with Gasteiger partial charge >= 0.3 is 6.17 Å². The molecule has 0 heterocycles. The van der Waals surface area contributed by atoms with Gasteiger partial charge in [0.15, 0.2) is 6.07 Å². The van der Waals surface area contributed by atoms with Crippen molar-refractivity contribution >= 4 is 0 Å². The largest absolute Gasteiger partial charge is 0.351 e. The van der Waals surface area contributed by atoms with Crippen LogP contribution in [-0.2, 0) is 6.54 Å². The third kappa shape index (κ3) is 2.84. The normalized spacial score (nSPS) is 11.6. The van der Waals surface area contributed by atoms with E-state index >= 15 is 0 Å². The number of hydrogen-bond acceptors (Lipinski definition) is 4. The molecule has 5 heteroatoms. The van der Waals surface area contributed by atoms with Gasteiger partial charge in [-0.25, -0.2) is 5.32 Å². The lowest BCUT2D eigenvalue weighted by Crippen LogP contribution is -2.34. The summed E-state index contributed by atoms with van der Waals surface area (Å²) in [5.41, 5.74) is 0.912. The third-order valence-electron chi connectivity index (χ3n) is 1.68. The molecule has 0 amide bonds. The predicted molar refractivity (Wildman–Crippen MR) is 49.7 cm³/mol. The van der Waals surface area contributed by atoms with E-state index in [4.69, 9.17) is 5.26 Å². The number of nitrogens with one attached hydrogen (secondary N) is 1. The van der Waals surface area contributed by atoms with Crippen LogP contribution in [0.1, 0.15) is 5.56 Å². The molecule has 0 aromatic heterocycles. The summed E-state index contributed by atoms with van der Waals surface area (Å²) in [4.78, 5) is 9.62. The fourth-order valence-corrected chi connectivity index (χ4v) is 0.978. The first-order valence-corrected chi connectivity index (χ1v) is 4.04. The molecule has 0 saturated carbocycles. The van der Waals surface area contributed by atoms with Gasteiger partial charge in [-0.3, -0.25) is 10.1 Å². The van der Waals surface area contributed by atoms with Gasteiger partial charge in [0.1, 0.15) is 0 Å². The second-order valence-corrected chi connectivity index (χ2v) is 2.68. The highest BCUT2D eigenvalue weighted by atomic mass is 16.6. The smallest absolute Gasteiger partial charge is 0.262 e. The summed E-state index contributed by atoms with van der Waals surface area (Å²) in [6.45, 7) is 0.319. The lowest BCUT2D eigenvalue weighted by atomic mass is 10.2. The molecule has 1 N–H and O–H groups in total. The molecule has 0 saturated heterocycles. The van der Waals surface area contributed by atoms with Crippen LogP contribution in [0.4, 0.5) is 0 Å². The Kier molecular flexibility index (Phi) is 3.58. The van der Waals surface area contributed by atoms with Crippen LogP contribution in [0.3, 0.4) is 0 Å². The number of benzene rings is 1. The van der Waals surface area contributed by atoms with Gasteiger partial charge in [-0.05, 0) is 5.56 Å². The Morgan fingerprint density at radius 3 is 2.64 bits per heavy atom. The highest BCUT2D eigenvalue weighted by molar-refractivity contribution is 5.14. The maximum atomic E-state index is 10.3. The molecular formula is C9H9N3O2. The van der Waals surface area contributed by atoms with Crippen LogP contribution < -0.4 is 5.32 Å². The van der Waals surface area contributed by atoms with E-state index in [1.807, 2.05) is 30.3 Å². The van der Waals surface area contributed by atoms with E-state index in [9.17, 15) is 10.1 Å². The molecule has 1 aromatic carbocycles. The summed E-state index contributed by atoms with van der Waals surface area (Å²) in [6, 6.07) is 10.8. The Bertz CT molecular complexity index is 345. The first-order valence-electron chi connectivity index (χ1n) is 4.04. The standard InChI is InChI=1S/C9H9N3O2/c10-6-9(12(13)14)11-7-8-4-2-1-3-5-8/h1-5,9,11H,7H2. The quantitative estimate of drug-likeness (QED) is 0.435. The second-order valence-electron chi connectivity index (χ2n) is 2.68. The van der Waals surface area contributed by atoms with Gasteiger partial charge in [-0.15, -0.1) is 0 Å². The lowest BCUT2D eigenvalue weighted by Gasteiger charge is -2.03. The van der Waals surface area contributed by atoms with Crippen LogP contribution in [0.5, 0.6) is 0 Å². The molecule has 1 rings (SSSR count). The Hall–Kier alpha value is -1.93. The van der Waals surface area contributed by atoms with E-state index in [0.717, 1.165) is 5.56 Å². The summed E-state index contributed by atoms with van der Waals surface area (Å²) in [7, 11) is 0. The van der Waals surface area contributed by atoms with Crippen molar-refractivity contribution in [1.82, 2.24) is 5.32 Å². The molecule has 0 bridgehead atoms. The van der Waals surface area contributed by atoms with Gasteiger partial charge in [0.05, 0.1) is 4.92 Å². The van der Waals surface area contributed by atoms with Crippen LogP contribution in [0.25, 0.3) is 0 Å². The molecular weight excluding hydrogens is 182 g/mol. The van der Waals surface area contributed by atoms with Gasteiger partial charge < -0.3 is 0 Å². The zero-order valence-electron chi connectivity index (χ0n) is 7.38. The molecule has 0 radical (unpaired) electrons. The first-order chi connectivity index (χ1) is 6.74. The summed E-state index contributed by atoms with van der Waals surface area (Å²) in [5.74, 6) is 0. The summed E-state index contributed by atoms with van der Waals surface area (Å²) in [6.07, 6.45) is -1.34. The van der Waals surface area contributed by atoms with Crippen LogP contribution >= 0.6 is 0 Å². The van der Waals surface area contributed by atoms with Gasteiger partial charge in [0, 0.05) is 6.54 Å². The fraction of sp³-hybridized carbons (Fsp3) is 0.222. The van der Waals surface area contributed by atoms with Crippen molar-refractivity contribution in [3.8, 4) is 6.07 Å². The van der Waals surface area contributed by atoms with Crippen LogP contribution in [0.2, 0.25) is 0 Å². The van der Waals surface area contributed by atoms with Crippen LogP contribution in [0.15, 0.2) is 30.3 Å². The molecule has 72 valence electrons. The highest BCUT2D eigenvalue weighted by Gasteiger charge is 2.16. The van der Waals surface area contributed by atoms with E-state index in [1.165, 1.54) is 0 Å². The summed E-state index contributed by atoms with van der Waals surface area (Å²) < 4.78 is 0. The van der Waals surface area contributed by atoms with Crippen molar-refractivity contribution < 1.29 is 4.92 Å². The van der Waals surface area contributed by atoms with Crippen molar-refractivity contribution in [1.29, 1.82) is 5.26 Å². The molecule has 1 unspecified atom stereocenters. The lowest BCUT2D eigenvalue weighted by molar-refractivity contribution is -0.513. The maximum Gasteiger partial charge on any atom is 0.351 e. The predicted octanol–water partition coefficient (Wildman–Crippen LogP) is 0.903. The summed E-state index contributed by atoms with van der Waals surface area (Å²) in [5, 5.41) is 21.2. The van der Waals surface area contributed by atoms with E-state index in [0.29, 0.717) is 6.54 Å². The second kappa shape index (κ2) is 4.94. The number of nitro groups is 1. The Morgan fingerprint density at radius 1 is 1.50 bits per heavy atom. The Balaban J connectivity index is 2.49. The van der Waals surface area contributed by atoms with Gasteiger partial charge in [0.2, 0.25) is 0 Å². The van der Waals surface area contributed by atoms with E-state index in [2.05, 4.69) is 5.32 Å². The SMILES string of the molecule is N#CC(NCc1ccccc1)[N+](=O)[O-]. The molecule has 0 aliphatic rings. The van der Waals surface area contributed by atoms with Crippen molar-refractivity contribution in [2.75, 3.05) is 0 Å². The molecule has 0 spiro atoms. The molecule has 1 atom stereocenters. The third-order valence-corrected chi connectivity index (χ3v) is 1.68. The average molecular weight is 191 g/mol. The molecule has 0 aliphatic heterocycles. The molecule has 14 heavy (non-hydrogen) atoms. The van der Waals surface area contributed by atoms with Crippen molar-refractivity contribution in [2.45, 2.75) is 12.7 Å². The topological polar surface area (TPSA) is 79.0 Å². The number of nitriles is 1. The highest BCUT2D eigenvalue weighted by Crippen LogP contribution is 1.98. The summed E-state index contributed by atoms with van der Waals surface area (Å²) >= 11 is 0. The molecule has 5 nitrogen and oxygen atoms in total. The van der Waals surface area contributed by atoms with Crippen molar-refractivity contribution in [2.24, 2.45) is 0 Å². The monoisotopic (exact) mass is 191 g/mol. The van der Waals surface area contributed by atoms with E-state index < -0.39 is 11.1 Å². The number of nitrogens with zero attached hydrogens (tertiary/aromatic N) is 2. The van der Waals surface area contributed by atoms with E-state index in [1.54, 1.807) is 6.07 Å².